The van der Waals surface area contributed by atoms with Crippen LogP contribution in [-0.4, -0.2) is 0 Å². The van der Waals surface area contributed by atoms with Crippen LogP contribution in [-0.2, 0) is 5.41 Å². The number of anilines is 3. The first-order valence-electron chi connectivity index (χ1n) is 19.3. The normalized spacial score (nSPS) is 12.9. The second kappa shape index (κ2) is 12.7. The minimum absolute atomic E-state index is 0.517. The maximum absolute atomic E-state index is 6.66. The predicted molar refractivity (Wildman–Crippen MR) is 233 cm³/mol. The zero-order valence-electron chi connectivity index (χ0n) is 31.0. The van der Waals surface area contributed by atoms with Gasteiger partial charge >= 0.3 is 0 Å². The molecule has 2 heteroatoms. The van der Waals surface area contributed by atoms with Crippen LogP contribution >= 0.6 is 0 Å². The SMILES string of the molecule is Cc1cccc2oc3c4ccccc4c(N(c4ccc(-c5ccccc5)cc4)c4ccc5c(c4)C(c4ccccc4)(c4ccccc4)c4ccccc4-5)cc3c12. The van der Waals surface area contributed by atoms with Crippen molar-refractivity contribution in [2.45, 2.75) is 12.3 Å². The van der Waals surface area contributed by atoms with Crippen molar-refractivity contribution in [1.29, 1.82) is 0 Å². The van der Waals surface area contributed by atoms with Crippen LogP contribution in [0.3, 0.4) is 0 Å². The van der Waals surface area contributed by atoms with Gasteiger partial charge in [0.2, 0.25) is 0 Å². The molecule has 0 N–H and O–H groups in total. The fourth-order valence-electron chi connectivity index (χ4n) is 9.42. The third-order valence-corrected chi connectivity index (χ3v) is 11.9. The van der Waals surface area contributed by atoms with Crippen molar-refractivity contribution in [1.82, 2.24) is 0 Å². The molecule has 0 bridgehead atoms. The van der Waals surface area contributed by atoms with Gasteiger partial charge in [0, 0.05) is 32.9 Å². The summed E-state index contributed by atoms with van der Waals surface area (Å²) in [4.78, 5) is 2.46. The van der Waals surface area contributed by atoms with E-state index in [0.717, 1.165) is 49.8 Å². The van der Waals surface area contributed by atoms with E-state index in [9.17, 15) is 0 Å². The molecule has 2 nitrogen and oxygen atoms in total. The summed E-state index contributed by atoms with van der Waals surface area (Å²) in [5.74, 6) is 0. The van der Waals surface area contributed by atoms with Crippen LogP contribution in [0.1, 0.15) is 27.8 Å². The molecule has 0 atom stereocenters. The van der Waals surface area contributed by atoms with Crippen molar-refractivity contribution >= 4 is 49.8 Å². The Morgan fingerprint density at radius 2 is 1.02 bits per heavy atom. The third-order valence-electron chi connectivity index (χ3n) is 11.9. The molecule has 9 aromatic carbocycles. The molecule has 1 heterocycles. The van der Waals surface area contributed by atoms with Gasteiger partial charge < -0.3 is 9.32 Å². The summed E-state index contributed by atoms with van der Waals surface area (Å²) in [5, 5.41) is 4.50. The van der Waals surface area contributed by atoms with Gasteiger partial charge in [-0.15, -0.1) is 0 Å². The Kier molecular flexibility index (Phi) is 7.33. The molecule has 0 aliphatic heterocycles. The Morgan fingerprint density at radius 3 is 1.75 bits per heavy atom. The first-order chi connectivity index (χ1) is 27.7. The first-order valence-corrected chi connectivity index (χ1v) is 19.3. The number of fused-ring (bicyclic) bond motifs is 8. The summed E-state index contributed by atoms with van der Waals surface area (Å²) in [6.45, 7) is 2.18. The number of aryl methyl sites for hydroxylation is 1. The lowest BCUT2D eigenvalue weighted by molar-refractivity contribution is 0.672. The van der Waals surface area contributed by atoms with Crippen LogP contribution in [0.4, 0.5) is 17.1 Å². The quantitative estimate of drug-likeness (QED) is 0.170. The van der Waals surface area contributed by atoms with E-state index >= 15 is 0 Å². The highest BCUT2D eigenvalue weighted by atomic mass is 16.3. The van der Waals surface area contributed by atoms with Crippen LogP contribution in [0.2, 0.25) is 0 Å². The number of rotatable bonds is 6. The van der Waals surface area contributed by atoms with Gasteiger partial charge in [0.25, 0.3) is 0 Å². The van der Waals surface area contributed by atoms with E-state index in [2.05, 4.69) is 218 Å². The highest BCUT2D eigenvalue weighted by molar-refractivity contribution is 6.20. The standard InChI is InChI=1S/C54H37NO/c1-36-16-15-27-51-52(36)47-35-50(45-24-11-12-25-46(45)53(47)56-51)55(41-30-28-38(29-31-41)37-17-5-2-6-18-37)42-32-33-44-43-23-13-14-26-48(43)54(49(44)34-42,39-19-7-3-8-20-39)40-21-9-4-10-22-40/h2-35H,1H3. The topological polar surface area (TPSA) is 16.4 Å². The molecule has 0 unspecified atom stereocenters. The molecule has 0 spiro atoms. The fraction of sp³-hybridized carbons (Fsp3) is 0.0370. The van der Waals surface area contributed by atoms with Crippen molar-refractivity contribution in [3.8, 4) is 22.3 Å². The van der Waals surface area contributed by atoms with Gasteiger partial charge in [0.15, 0.2) is 0 Å². The highest BCUT2D eigenvalue weighted by Crippen LogP contribution is 2.57. The molecule has 0 saturated heterocycles. The molecule has 0 radical (unpaired) electrons. The van der Waals surface area contributed by atoms with Gasteiger partial charge in [-0.3, -0.25) is 0 Å². The van der Waals surface area contributed by atoms with Gasteiger partial charge in [-0.25, -0.2) is 0 Å². The van der Waals surface area contributed by atoms with Crippen molar-refractivity contribution in [2.24, 2.45) is 0 Å². The first kappa shape index (κ1) is 32.3. The molecule has 0 saturated carbocycles. The Hall–Kier alpha value is -7.16. The van der Waals surface area contributed by atoms with E-state index in [1.807, 2.05) is 0 Å². The lowest BCUT2D eigenvalue weighted by Gasteiger charge is -2.35. The van der Waals surface area contributed by atoms with E-state index < -0.39 is 5.41 Å². The largest absolute Gasteiger partial charge is 0.455 e. The summed E-state index contributed by atoms with van der Waals surface area (Å²) < 4.78 is 6.66. The Labute approximate surface area is 326 Å². The molecule has 1 aliphatic carbocycles. The number of hydrogen-bond donors (Lipinski definition) is 0. The minimum atomic E-state index is -0.517. The van der Waals surface area contributed by atoms with Crippen LogP contribution < -0.4 is 4.90 Å². The number of furan rings is 1. The molecule has 11 rings (SSSR count). The van der Waals surface area contributed by atoms with E-state index in [-0.39, 0.29) is 0 Å². The fourth-order valence-corrected chi connectivity index (χ4v) is 9.42. The average Bonchev–Trinajstić information content (AvgIpc) is 3.80. The lowest BCUT2D eigenvalue weighted by Crippen LogP contribution is -2.28. The number of hydrogen-bond acceptors (Lipinski definition) is 2. The van der Waals surface area contributed by atoms with Gasteiger partial charge in [0.05, 0.1) is 11.1 Å². The molecule has 56 heavy (non-hydrogen) atoms. The Morgan fingerprint density at radius 1 is 0.429 bits per heavy atom. The van der Waals surface area contributed by atoms with E-state index in [4.69, 9.17) is 4.42 Å². The average molecular weight is 716 g/mol. The van der Waals surface area contributed by atoms with E-state index in [1.165, 1.54) is 50.1 Å². The molecular weight excluding hydrogens is 679 g/mol. The summed E-state index contributed by atoms with van der Waals surface area (Å²) in [5.41, 5.74) is 15.8. The zero-order valence-corrected chi connectivity index (χ0v) is 31.0. The number of nitrogens with zero attached hydrogens (tertiary/aromatic N) is 1. The van der Waals surface area contributed by atoms with Crippen LogP contribution in [0.5, 0.6) is 0 Å². The van der Waals surface area contributed by atoms with E-state index in [0.29, 0.717) is 0 Å². The Bertz CT molecular complexity index is 3030. The van der Waals surface area contributed by atoms with Gasteiger partial charge in [-0.1, -0.05) is 170 Å². The lowest BCUT2D eigenvalue weighted by atomic mass is 9.67. The molecule has 1 aliphatic rings. The second-order valence-corrected chi connectivity index (χ2v) is 14.9. The minimum Gasteiger partial charge on any atom is -0.455 e. The van der Waals surface area contributed by atoms with Gasteiger partial charge in [-0.05, 0) is 93.4 Å². The third kappa shape index (κ3) is 4.76. The number of benzene rings is 9. The smallest absolute Gasteiger partial charge is 0.143 e. The second-order valence-electron chi connectivity index (χ2n) is 14.9. The van der Waals surface area contributed by atoms with Crippen molar-refractivity contribution in [2.75, 3.05) is 4.90 Å². The maximum atomic E-state index is 6.66. The van der Waals surface area contributed by atoms with Gasteiger partial charge in [0.1, 0.15) is 11.2 Å². The van der Waals surface area contributed by atoms with Crippen LogP contribution in [0.15, 0.2) is 211 Å². The summed E-state index contributed by atoms with van der Waals surface area (Å²) in [6, 6.07) is 75.2. The maximum Gasteiger partial charge on any atom is 0.143 e. The predicted octanol–water partition coefficient (Wildman–Crippen LogP) is 14.5. The molecular formula is C54H37NO. The van der Waals surface area contributed by atoms with Gasteiger partial charge in [-0.2, -0.15) is 0 Å². The molecule has 0 amide bonds. The zero-order chi connectivity index (χ0) is 37.2. The summed E-state index contributed by atoms with van der Waals surface area (Å²) in [6.07, 6.45) is 0. The monoisotopic (exact) mass is 715 g/mol. The van der Waals surface area contributed by atoms with Crippen molar-refractivity contribution < 1.29 is 4.42 Å². The summed E-state index contributed by atoms with van der Waals surface area (Å²) in [7, 11) is 0. The van der Waals surface area contributed by atoms with Crippen molar-refractivity contribution in [3.05, 3.63) is 234 Å². The highest BCUT2D eigenvalue weighted by Gasteiger charge is 2.46. The van der Waals surface area contributed by atoms with Crippen LogP contribution in [0.25, 0.3) is 55.0 Å². The summed E-state index contributed by atoms with van der Waals surface area (Å²) >= 11 is 0. The Balaban J connectivity index is 1.22. The van der Waals surface area contributed by atoms with Crippen LogP contribution in [0, 0.1) is 6.92 Å². The van der Waals surface area contributed by atoms with Crippen molar-refractivity contribution in [3.63, 3.8) is 0 Å². The molecule has 0 fully saturated rings. The molecule has 264 valence electrons. The molecule has 1 aromatic heterocycles. The molecule has 10 aromatic rings. The van der Waals surface area contributed by atoms with E-state index in [1.54, 1.807) is 0 Å².